The van der Waals surface area contributed by atoms with Crippen LogP contribution in [0, 0.1) is 6.92 Å². The number of thiazole rings is 1. The molecular weight excluding hydrogens is 286 g/mol. The lowest BCUT2D eigenvalue weighted by Crippen LogP contribution is -2.42. The number of anilines is 1. The second-order valence-electron chi connectivity index (χ2n) is 5.06. The van der Waals surface area contributed by atoms with Gasteiger partial charge in [-0.15, -0.1) is 11.3 Å². The third-order valence-electron chi connectivity index (χ3n) is 3.55. The number of piperidine rings is 1. The van der Waals surface area contributed by atoms with Gasteiger partial charge in [0.2, 0.25) is 0 Å². The Morgan fingerprint density at radius 1 is 1.43 bits per heavy atom. The lowest BCUT2D eigenvalue weighted by atomic mass is 10.0. The number of hydrogen-bond donors (Lipinski definition) is 1. The largest absolute Gasteiger partial charge is 0.367 e. The summed E-state index contributed by atoms with van der Waals surface area (Å²) in [5.41, 5.74) is 0.569. The molecule has 0 atom stereocenters. The molecule has 7 heteroatoms. The third-order valence-corrected chi connectivity index (χ3v) is 4.33. The van der Waals surface area contributed by atoms with Gasteiger partial charge in [-0.05, 0) is 25.8 Å². The molecule has 0 radical (unpaired) electrons. The molecule has 1 fully saturated rings. The molecule has 0 spiro atoms. The zero-order chi connectivity index (χ0) is 14.7. The van der Waals surface area contributed by atoms with Crippen molar-refractivity contribution in [2.75, 3.05) is 18.4 Å². The summed E-state index contributed by atoms with van der Waals surface area (Å²) >= 11 is 1.51. The maximum absolute atomic E-state index is 12.3. The van der Waals surface area contributed by atoms with E-state index in [0.29, 0.717) is 11.7 Å². The van der Waals surface area contributed by atoms with Crippen molar-refractivity contribution in [2.45, 2.75) is 25.8 Å². The van der Waals surface area contributed by atoms with E-state index in [1.807, 2.05) is 23.3 Å². The number of carbonyl (C=O) groups is 1. The van der Waals surface area contributed by atoms with E-state index < -0.39 is 0 Å². The molecule has 1 aliphatic heterocycles. The minimum atomic E-state index is 0.0415. The summed E-state index contributed by atoms with van der Waals surface area (Å²) < 4.78 is 0. The Morgan fingerprint density at radius 2 is 2.24 bits per heavy atom. The van der Waals surface area contributed by atoms with E-state index in [0.717, 1.165) is 36.8 Å². The van der Waals surface area contributed by atoms with E-state index in [2.05, 4.69) is 20.3 Å². The number of amides is 1. The highest BCUT2D eigenvalue weighted by Gasteiger charge is 2.24. The van der Waals surface area contributed by atoms with Crippen molar-refractivity contribution in [3.63, 3.8) is 0 Å². The van der Waals surface area contributed by atoms with Gasteiger partial charge in [0.25, 0.3) is 5.91 Å². The van der Waals surface area contributed by atoms with Crippen LogP contribution in [0.15, 0.2) is 24.0 Å². The molecule has 1 saturated heterocycles. The fraction of sp³-hybridized carbons (Fsp3) is 0.429. The van der Waals surface area contributed by atoms with Gasteiger partial charge in [-0.1, -0.05) is 0 Å². The Hall–Kier alpha value is -2.02. The summed E-state index contributed by atoms with van der Waals surface area (Å²) in [4.78, 5) is 26.5. The fourth-order valence-electron chi connectivity index (χ4n) is 2.44. The normalized spacial score (nSPS) is 16.0. The van der Waals surface area contributed by atoms with Gasteiger partial charge in [0.05, 0.1) is 5.01 Å². The quantitative estimate of drug-likeness (QED) is 0.938. The van der Waals surface area contributed by atoms with Crippen LogP contribution in [-0.2, 0) is 0 Å². The molecule has 3 heterocycles. The van der Waals surface area contributed by atoms with Gasteiger partial charge in [-0.25, -0.2) is 15.0 Å². The molecule has 0 aliphatic carbocycles. The van der Waals surface area contributed by atoms with E-state index >= 15 is 0 Å². The topological polar surface area (TPSA) is 71.0 Å². The second-order valence-corrected chi connectivity index (χ2v) is 6.12. The Balaban J connectivity index is 1.54. The van der Waals surface area contributed by atoms with Gasteiger partial charge >= 0.3 is 0 Å². The first-order chi connectivity index (χ1) is 10.2. The van der Waals surface area contributed by atoms with Crippen molar-refractivity contribution in [3.05, 3.63) is 34.7 Å². The van der Waals surface area contributed by atoms with Crippen LogP contribution in [-0.4, -0.2) is 44.9 Å². The maximum atomic E-state index is 12.3. The number of nitrogens with one attached hydrogen (secondary N) is 1. The lowest BCUT2D eigenvalue weighted by Gasteiger charge is -2.32. The predicted molar refractivity (Wildman–Crippen MR) is 81.4 cm³/mol. The molecule has 0 aromatic carbocycles. The minimum absolute atomic E-state index is 0.0415. The van der Waals surface area contributed by atoms with Crippen LogP contribution >= 0.6 is 11.3 Å². The van der Waals surface area contributed by atoms with Crippen LogP contribution in [0.5, 0.6) is 0 Å². The Bertz CT molecular complexity index is 607. The minimum Gasteiger partial charge on any atom is -0.367 e. The molecule has 3 rings (SSSR count). The Kier molecular flexibility index (Phi) is 4.10. The third kappa shape index (κ3) is 3.36. The van der Waals surface area contributed by atoms with E-state index in [4.69, 9.17) is 0 Å². The number of carbonyl (C=O) groups excluding carboxylic acids is 1. The van der Waals surface area contributed by atoms with Crippen LogP contribution in [0.2, 0.25) is 0 Å². The van der Waals surface area contributed by atoms with Gasteiger partial charge in [0, 0.05) is 30.7 Å². The van der Waals surface area contributed by atoms with E-state index in [1.54, 1.807) is 6.20 Å². The molecule has 2 aromatic rings. The summed E-state index contributed by atoms with van der Waals surface area (Å²) in [5, 5.41) is 6.15. The summed E-state index contributed by atoms with van der Waals surface area (Å²) in [6.07, 6.45) is 5.09. The van der Waals surface area contributed by atoms with Gasteiger partial charge in [-0.2, -0.15) is 0 Å². The van der Waals surface area contributed by atoms with Gasteiger partial charge in [-0.3, -0.25) is 4.79 Å². The molecule has 1 N–H and O–H groups in total. The van der Waals surface area contributed by atoms with Crippen LogP contribution in [0.4, 0.5) is 5.82 Å². The molecule has 0 saturated carbocycles. The number of hydrogen-bond acceptors (Lipinski definition) is 6. The summed E-state index contributed by atoms with van der Waals surface area (Å²) in [6, 6.07) is 2.20. The van der Waals surface area contributed by atoms with Gasteiger partial charge in [0.15, 0.2) is 0 Å². The first-order valence-corrected chi connectivity index (χ1v) is 7.84. The smallest absolute Gasteiger partial charge is 0.273 e. The first kappa shape index (κ1) is 13.9. The lowest BCUT2D eigenvalue weighted by molar-refractivity contribution is 0.0713. The van der Waals surface area contributed by atoms with Crippen LogP contribution in [0.1, 0.15) is 28.3 Å². The van der Waals surface area contributed by atoms with Crippen molar-refractivity contribution in [2.24, 2.45) is 0 Å². The SMILES string of the molecule is Cc1nc(C(=O)N2CCC(Nc3ccncn3)CC2)cs1. The van der Waals surface area contributed by atoms with Crippen LogP contribution in [0.3, 0.4) is 0 Å². The molecule has 0 unspecified atom stereocenters. The highest BCUT2D eigenvalue weighted by molar-refractivity contribution is 7.09. The van der Waals surface area contributed by atoms with E-state index in [1.165, 1.54) is 17.7 Å². The van der Waals surface area contributed by atoms with E-state index in [9.17, 15) is 4.79 Å². The first-order valence-electron chi connectivity index (χ1n) is 6.96. The summed E-state index contributed by atoms with van der Waals surface area (Å²) in [5.74, 6) is 0.879. The Labute approximate surface area is 127 Å². The standard InChI is InChI=1S/C14H17N5OS/c1-10-17-12(8-21-10)14(20)19-6-3-11(4-7-19)18-13-2-5-15-9-16-13/h2,5,8-9,11H,3-4,6-7H2,1H3,(H,15,16,18). The zero-order valence-corrected chi connectivity index (χ0v) is 12.6. The number of aromatic nitrogens is 3. The highest BCUT2D eigenvalue weighted by atomic mass is 32.1. The monoisotopic (exact) mass is 303 g/mol. The predicted octanol–water partition coefficient (Wildman–Crippen LogP) is 1.96. The van der Waals surface area contributed by atoms with E-state index in [-0.39, 0.29) is 5.91 Å². The number of aryl methyl sites for hydroxylation is 1. The van der Waals surface area contributed by atoms with Crippen molar-refractivity contribution in [1.29, 1.82) is 0 Å². The van der Waals surface area contributed by atoms with Gasteiger partial charge < -0.3 is 10.2 Å². The second kappa shape index (κ2) is 6.17. The number of likely N-dealkylation sites (tertiary alicyclic amines) is 1. The molecular formula is C14H17N5OS. The van der Waals surface area contributed by atoms with Crippen molar-refractivity contribution in [1.82, 2.24) is 19.9 Å². The molecule has 6 nitrogen and oxygen atoms in total. The molecule has 110 valence electrons. The average Bonchev–Trinajstić information content (AvgIpc) is 2.95. The molecule has 1 aliphatic rings. The average molecular weight is 303 g/mol. The zero-order valence-electron chi connectivity index (χ0n) is 11.8. The molecule has 1 amide bonds. The molecule has 2 aromatic heterocycles. The Morgan fingerprint density at radius 3 is 2.86 bits per heavy atom. The van der Waals surface area contributed by atoms with Crippen molar-refractivity contribution < 1.29 is 4.79 Å². The highest BCUT2D eigenvalue weighted by Crippen LogP contribution is 2.18. The van der Waals surface area contributed by atoms with Gasteiger partial charge in [0.1, 0.15) is 17.8 Å². The van der Waals surface area contributed by atoms with Crippen LogP contribution < -0.4 is 5.32 Å². The van der Waals surface area contributed by atoms with Crippen LogP contribution in [0.25, 0.3) is 0 Å². The number of rotatable bonds is 3. The van der Waals surface area contributed by atoms with Crippen molar-refractivity contribution in [3.8, 4) is 0 Å². The maximum Gasteiger partial charge on any atom is 0.273 e. The summed E-state index contributed by atoms with van der Waals surface area (Å²) in [6.45, 7) is 3.41. The molecule has 0 bridgehead atoms. The summed E-state index contributed by atoms with van der Waals surface area (Å²) in [7, 11) is 0. The molecule has 21 heavy (non-hydrogen) atoms. The van der Waals surface area contributed by atoms with Crippen molar-refractivity contribution >= 4 is 23.1 Å². The number of nitrogens with zero attached hydrogens (tertiary/aromatic N) is 4. The fourth-order valence-corrected chi connectivity index (χ4v) is 3.02.